The van der Waals surface area contributed by atoms with Crippen LogP contribution < -0.4 is 5.32 Å². The van der Waals surface area contributed by atoms with Crippen LogP contribution in [0.15, 0.2) is 4.99 Å². The van der Waals surface area contributed by atoms with Gasteiger partial charge in [-0.2, -0.15) is 0 Å². The lowest BCUT2D eigenvalue weighted by Gasteiger charge is -2.25. The van der Waals surface area contributed by atoms with E-state index in [4.69, 9.17) is 0 Å². The Morgan fingerprint density at radius 1 is 1.67 bits per heavy atom. The van der Waals surface area contributed by atoms with E-state index in [-0.39, 0.29) is 6.54 Å². The molecule has 5 heteroatoms. The first kappa shape index (κ1) is 9.22. The van der Waals surface area contributed by atoms with Crippen LogP contribution in [0.3, 0.4) is 0 Å². The Morgan fingerprint density at radius 3 is 3.00 bits per heavy atom. The second-order valence-electron chi connectivity index (χ2n) is 2.75. The van der Waals surface area contributed by atoms with E-state index in [1.165, 1.54) is 0 Å². The van der Waals surface area contributed by atoms with Crippen molar-refractivity contribution in [2.75, 3.05) is 26.7 Å². The van der Waals surface area contributed by atoms with Crippen molar-refractivity contribution < 1.29 is 8.78 Å². The molecule has 0 aromatic heterocycles. The third kappa shape index (κ3) is 2.64. The molecule has 0 fully saturated rings. The first-order valence-electron chi connectivity index (χ1n) is 3.98. The molecule has 1 heterocycles. The zero-order chi connectivity index (χ0) is 8.97. The minimum Gasteiger partial charge on any atom is -0.351 e. The maximum absolute atomic E-state index is 11.8. The van der Waals surface area contributed by atoms with Gasteiger partial charge in [0.1, 0.15) is 0 Å². The molecular formula is C7H13F2N3. The molecule has 12 heavy (non-hydrogen) atoms. The van der Waals surface area contributed by atoms with E-state index in [0.29, 0.717) is 5.96 Å². The molecule has 1 aliphatic rings. The summed E-state index contributed by atoms with van der Waals surface area (Å²) in [5.74, 6) is 0.585. The monoisotopic (exact) mass is 177 g/mol. The van der Waals surface area contributed by atoms with Crippen molar-refractivity contribution in [1.29, 1.82) is 0 Å². The van der Waals surface area contributed by atoms with Gasteiger partial charge in [0, 0.05) is 20.1 Å². The van der Waals surface area contributed by atoms with Crippen LogP contribution in [0.2, 0.25) is 0 Å². The second-order valence-corrected chi connectivity index (χ2v) is 2.75. The van der Waals surface area contributed by atoms with E-state index in [2.05, 4.69) is 10.3 Å². The Morgan fingerprint density at radius 2 is 2.42 bits per heavy atom. The molecule has 3 nitrogen and oxygen atoms in total. The Balaban J connectivity index is 2.34. The lowest BCUT2D eigenvalue weighted by atomic mass is 10.3. The van der Waals surface area contributed by atoms with Crippen LogP contribution in [0.25, 0.3) is 0 Å². The van der Waals surface area contributed by atoms with Crippen molar-refractivity contribution in [2.45, 2.75) is 12.8 Å². The Bertz CT molecular complexity index is 170. The molecule has 0 aliphatic carbocycles. The van der Waals surface area contributed by atoms with E-state index in [9.17, 15) is 8.78 Å². The molecule has 0 bridgehead atoms. The van der Waals surface area contributed by atoms with Gasteiger partial charge < -0.3 is 10.2 Å². The minimum absolute atomic E-state index is 0.316. The van der Waals surface area contributed by atoms with E-state index in [1.807, 2.05) is 11.9 Å². The highest BCUT2D eigenvalue weighted by Crippen LogP contribution is 1.98. The Hall–Kier alpha value is -0.870. The van der Waals surface area contributed by atoms with Crippen LogP contribution in [0, 0.1) is 0 Å². The molecule has 0 atom stereocenters. The summed E-state index contributed by atoms with van der Waals surface area (Å²) >= 11 is 0. The van der Waals surface area contributed by atoms with Crippen molar-refractivity contribution in [1.82, 2.24) is 10.2 Å². The predicted octanol–water partition coefficient (Wildman–Crippen LogP) is 0.533. The molecular weight excluding hydrogens is 164 g/mol. The van der Waals surface area contributed by atoms with Gasteiger partial charge in [-0.25, -0.2) is 8.78 Å². The fraction of sp³-hybridized carbons (Fsp3) is 0.857. The SMILES string of the molecule is CN1CCCN=C1NCC(F)F. The zero-order valence-corrected chi connectivity index (χ0v) is 7.06. The van der Waals surface area contributed by atoms with Crippen LogP contribution >= 0.6 is 0 Å². The lowest BCUT2D eigenvalue weighted by Crippen LogP contribution is -2.43. The highest BCUT2D eigenvalue weighted by atomic mass is 19.3. The van der Waals surface area contributed by atoms with Crippen molar-refractivity contribution >= 4 is 5.96 Å². The second kappa shape index (κ2) is 4.23. The van der Waals surface area contributed by atoms with Gasteiger partial charge in [-0.3, -0.25) is 4.99 Å². The average Bonchev–Trinajstić information content (AvgIpc) is 2.03. The number of alkyl halides is 2. The number of nitrogens with one attached hydrogen (secondary N) is 1. The number of guanidine groups is 1. The van der Waals surface area contributed by atoms with Crippen LogP contribution in [0.4, 0.5) is 8.78 Å². The number of nitrogens with zero attached hydrogens (tertiary/aromatic N) is 2. The van der Waals surface area contributed by atoms with Gasteiger partial charge >= 0.3 is 0 Å². The molecule has 0 spiro atoms. The van der Waals surface area contributed by atoms with Gasteiger partial charge in [0.25, 0.3) is 6.43 Å². The fourth-order valence-electron chi connectivity index (χ4n) is 1.08. The summed E-state index contributed by atoms with van der Waals surface area (Å²) in [6.45, 7) is 1.30. The van der Waals surface area contributed by atoms with Gasteiger partial charge in [0.15, 0.2) is 5.96 Å². The smallest absolute Gasteiger partial charge is 0.255 e. The highest BCUT2D eigenvalue weighted by molar-refractivity contribution is 5.80. The standard InChI is InChI=1S/C7H13F2N3/c1-12-4-2-3-10-7(12)11-5-6(8)9/h6H,2-5H2,1H3,(H,10,11). The summed E-state index contributed by atoms with van der Waals surface area (Å²) in [4.78, 5) is 5.93. The lowest BCUT2D eigenvalue weighted by molar-refractivity contribution is 0.151. The quantitative estimate of drug-likeness (QED) is 0.666. The largest absolute Gasteiger partial charge is 0.351 e. The van der Waals surface area contributed by atoms with E-state index >= 15 is 0 Å². The van der Waals surface area contributed by atoms with Crippen molar-refractivity contribution in [3.8, 4) is 0 Å². The Kier molecular flexibility index (Phi) is 3.25. The summed E-state index contributed by atoms with van der Waals surface area (Å²) in [6, 6.07) is 0. The molecule has 0 radical (unpaired) electrons. The summed E-state index contributed by atoms with van der Waals surface area (Å²) in [5.41, 5.74) is 0. The molecule has 0 saturated heterocycles. The van der Waals surface area contributed by atoms with Crippen molar-refractivity contribution in [3.05, 3.63) is 0 Å². The maximum Gasteiger partial charge on any atom is 0.255 e. The summed E-state index contributed by atoms with van der Waals surface area (Å²) in [5, 5.41) is 2.60. The van der Waals surface area contributed by atoms with E-state index in [0.717, 1.165) is 19.5 Å². The molecule has 0 unspecified atom stereocenters. The zero-order valence-electron chi connectivity index (χ0n) is 7.06. The number of hydrogen-bond acceptors (Lipinski definition) is 3. The molecule has 1 aliphatic heterocycles. The molecule has 0 saturated carbocycles. The topological polar surface area (TPSA) is 27.6 Å². The third-order valence-electron chi connectivity index (χ3n) is 1.69. The number of hydrogen-bond donors (Lipinski definition) is 1. The highest BCUT2D eigenvalue weighted by Gasteiger charge is 2.11. The van der Waals surface area contributed by atoms with E-state index in [1.54, 1.807) is 0 Å². The fourth-order valence-corrected chi connectivity index (χ4v) is 1.08. The van der Waals surface area contributed by atoms with Crippen LogP contribution in [0.1, 0.15) is 6.42 Å². The van der Waals surface area contributed by atoms with Crippen molar-refractivity contribution in [2.24, 2.45) is 4.99 Å². The van der Waals surface area contributed by atoms with E-state index < -0.39 is 6.43 Å². The molecule has 0 aromatic rings. The van der Waals surface area contributed by atoms with Gasteiger partial charge in [-0.05, 0) is 6.42 Å². The third-order valence-corrected chi connectivity index (χ3v) is 1.69. The Labute approximate surface area is 70.5 Å². The first-order valence-corrected chi connectivity index (χ1v) is 3.98. The minimum atomic E-state index is -2.32. The molecule has 0 aromatic carbocycles. The maximum atomic E-state index is 11.8. The van der Waals surface area contributed by atoms with Crippen LogP contribution in [0.5, 0.6) is 0 Å². The normalized spacial score (nSPS) is 18.0. The molecule has 70 valence electrons. The number of aliphatic imine (C=N–C) groups is 1. The first-order chi connectivity index (χ1) is 5.70. The predicted molar refractivity (Wildman–Crippen MR) is 43.6 cm³/mol. The van der Waals surface area contributed by atoms with Crippen LogP contribution in [-0.2, 0) is 0 Å². The van der Waals surface area contributed by atoms with Crippen LogP contribution in [-0.4, -0.2) is 44.0 Å². The van der Waals surface area contributed by atoms with Gasteiger partial charge in [0.05, 0.1) is 6.54 Å². The number of halogens is 2. The summed E-state index contributed by atoms with van der Waals surface area (Å²) in [7, 11) is 1.84. The molecule has 1 rings (SSSR count). The summed E-state index contributed by atoms with van der Waals surface area (Å²) < 4.78 is 23.6. The number of rotatable bonds is 2. The molecule has 1 N–H and O–H groups in total. The van der Waals surface area contributed by atoms with Gasteiger partial charge in [-0.15, -0.1) is 0 Å². The van der Waals surface area contributed by atoms with Gasteiger partial charge in [0.2, 0.25) is 0 Å². The molecule has 0 amide bonds. The van der Waals surface area contributed by atoms with Crippen molar-refractivity contribution in [3.63, 3.8) is 0 Å². The average molecular weight is 177 g/mol. The summed E-state index contributed by atoms with van der Waals surface area (Å²) in [6.07, 6.45) is -1.32. The van der Waals surface area contributed by atoms with Gasteiger partial charge in [-0.1, -0.05) is 0 Å².